The lowest BCUT2D eigenvalue weighted by atomic mass is 10.0. The van der Waals surface area contributed by atoms with Gasteiger partial charge in [0.05, 0.1) is 12.2 Å². The molecule has 3 rings (SSSR count). The Balaban J connectivity index is 1.33. The standard InChI is InChI=1S/C22H28ClNOS/c1-17-6-11-22(25-17)16-26-13-3-12-24-15-18-4-2-5-20(14-18)19-7-9-21(23)10-8-19/h2,4-5,7-10,14,17,22,24H,3,6,11-13,15-16H2,1H3. The van der Waals surface area contributed by atoms with Gasteiger partial charge in [0.25, 0.3) is 0 Å². The molecule has 2 atom stereocenters. The van der Waals surface area contributed by atoms with Gasteiger partial charge in [-0.05, 0) is 73.4 Å². The molecule has 0 amide bonds. The summed E-state index contributed by atoms with van der Waals surface area (Å²) in [6.07, 6.45) is 4.60. The molecule has 0 saturated carbocycles. The average Bonchev–Trinajstić information content (AvgIpc) is 3.07. The minimum absolute atomic E-state index is 0.464. The van der Waals surface area contributed by atoms with Crippen molar-refractivity contribution >= 4 is 23.4 Å². The Morgan fingerprint density at radius 1 is 1.12 bits per heavy atom. The van der Waals surface area contributed by atoms with E-state index in [2.05, 4.69) is 48.6 Å². The molecule has 0 aliphatic carbocycles. The van der Waals surface area contributed by atoms with E-state index in [0.717, 1.165) is 23.9 Å². The summed E-state index contributed by atoms with van der Waals surface area (Å²) in [4.78, 5) is 0. The van der Waals surface area contributed by atoms with Crippen LogP contribution in [0.2, 0.25) is 5.02 Å². The van der Waals surface area contributed by atoms with Crippen molar-refractivity contribution in [1.82, 2.24) is 5.32 Å². The highest BCUT2D eigenvalue weighted by Crippen LogP contribution is 2.23. The fourth-order valence-electron chi connectivity index (χ4n) is 3.26. The number of nitrogens with one attached hydrogen (secondary N) is 1. The van der Waals surface area contributed by atoms with E-state index in [1.165, 1.54) is 41.7 Å². The summed E-state index contributed by atoms with van der Waals surface area (Å²) in [5.74, 6) is 2.35. The smallest absolute Gasteiger partial charge is 0.0670 e. The van der Waals surface area contributed by atoms with Crippen molar-refractivity contribution in [3.8, 4) is 11.1 Å². The highest BCUT2D eigenvalue weighted by molar-refractivity contribution is 7.99. The summed E-state index contributed by atoms with van der Waals surface area (Å²) in [7, 11) is 0. The molecule has 0 spiro atoms. The molecule has 4 heteroatoms. The molecule has 2 aromatic carbocycles. The number of hydrogen-bond acceptors (Lipinski definition) is 3. The second kappa shape index (κ2) is 10.4. The number of ether oxygens (including phenoxy) is 1. The Hall–Kier alpha value is -1.00. The zero-order valence-corrected chi connectivity index (χ0v) is 17.0. The maximum atomic E-state index is 5.98. The molecule has 2 nitrogen and oxygen atoms in total. The first kappa shape index (κ1) is 19.8. The molecule has 1 N–H and O–H groups in total. The zero-order valence-electron chi connectivity index (χ0n) is 15.4. The van der Waals surface area contributed by atoms with E-state index in [-0.39, 0.29) is 0 Å². The van der Waals surface area contributed by atoms with Gasteiger partial charge in [0.1, 0.15) is 0 Å². The molecule has 1 saturated heterocycles. The van der Waals surface area contributed by atoms with E-state index in [1.807, 2.05) is 23.9 Å². The first-order chi connectivity index (χ1) is 12.7. The summed E-state index contributed by atoms with van der Waals surface area (Å²) < 4.78 is 5.86. The number of halogens is 1. The molecule has 1 fully saturated rings. The Kier molecular flexibility index (Phi) is 7.87. The number of benzene rings is 2. The van der Waals surface area contributed by atoms with E-state index in [9.17, 15) is 0 Å². The van der Waals surface area contributed by atoms with Crippen LogP contribution < -0.4 is 5.32 Å². The van der Waals surface area contributed by atoms with Crippen molar-refractivity contribution in [2.75, 3.05) is 18.1 Å². The van der Waals surface area contributed by atoms with Crippen LogP contribution >= 0.6 is 23.4 Å². The van der Waals surface area contributed by atoms with Crippen LogP contribution in [-0.2, 0) is 11.3 Å². The highest BCUT2D eigenvalue weighted by atomic mass is 35.5. The summed E-state index contributed by atoms with van der Waals surface area (Å²) in [5.41, 5.74) is 3.76. The summed E-state index contributed by atoms with van der Waals surface area (Å²) in [6.45, 7) is 4.14. The molecular formula is C22H28ClNOS. The topological polar surface area (TPSA) is 21.3 Å². The second-order valence-corrected chi connectivity index (χ2v) is 8.54. The predicted octanol–water partition coefficient (Wildman–Crippen LogP) is 5.79. The number of rotatable bonds is 9. The van der Waals surface area contributed by atoms with E-state index < -0.39 is 0 Å². The van der Waals surface area contributed by atoms with Gasteiger partial charge < -0.3 is 10.1 Å². The maximum absolute atomic E-state index is 5.98. The molecule has 1 aliphatic heterocycles. The first-order valence-corrected chi connectivity index (χ1v) is 11.0. The van der Waals surface area contributed by atoms with Crippen LogP contribution in [0.1, 0.15) is 31.7 Å². The molecule has 2 unspecified atom stereocenters. The van der Waals surface area contributed by atoms with Crippen LogP contribution in [0.5, 0.6) is 0 Å². The minimum atomic E-state index is 0.464. The third-order valence-corrected chi connectivity index (χ3v) is 6.14. The van der Waals surface area contributed by atoms with Crippen molar-refractivity contribution in [3.05, 3.63) is 59.1 Å². The van der Waals surface area contributed by atoms with Crippen LogP contribution in [0.25, 0.3) is 11.1 Å². The largest absolute Gasteiger partial charge is 0.374 e. The quantitative estimate of drug-likeness (QED) is 0.548. The lowest BCUT2D eigenvalue weighted by Crippen LogP contribution is -2.16. The van der Waals surface area contributed by atoms with Gasteiger partial charge in [0.15, 0.2) is 0 Å². The van der Waals surface area contributed by atoms with Crippen LogP contribution in [0, 0.1) is 0 Å². The molecule has 2 aromatic rings. The van der Waals surface area contributed by atoms with Crippen LogP contribution in [0.15, 0.2) is 48.5 Å². The summed E-state index contributed by atoms with van der Waals surface area (Å²) in [5, 5.41) is 4.34. The molecule has 1 aliphatic rings. The molecule has 0 bridgehead atoms. The van der Waals surface area contributed by atoms with Crippen LogP contribution in [-0.4, -0.2) is 30.3 Å². The van der Waals surface area contributed by atoms with Crippen molar-refractivity contribution in [2.45, 2.75) is 44.9 Å². The van der Waals surface area contributed by atoms with E-state index >= 15 is 0 Å². The zero-order chi connectivity index (χ0) is 18.2. The van der Waals surface area contributed by atoms with Crippen molar-refractivity contribution < 1.29 is 4.74 Å². The van der Waals surface area contributed by atoms with Gasteiger partial charge in [-0.3, -0.25) is 0 Å². The summed E-state index contributed by atoms with van der Waals surface area (Å²) in [6, 6.07) is 16.7. The van der Waals surface area contributed by atoms with E-state index in [0.29, 0.717) is 12.2 Å². The lowest BCUT2D eigenvalue weighted by molar-refractivity contribution is 0.0700. The van der Waals surface area contributed by atoms with Gasteiger partial charge in [-0.15, -0.1) is 0 Å². The second-order valence-electron chi connectivity index (χ2n) is 6.96. The van der Waals surface area contributed by atoms with Gasteiger partial charge in [-0.1, -0.05) is 41.9 Å². The maximum Gasteiger partial charge on any atom is 0.0670 e. The molecule has 140 valence electrons. The lowest BCUT2D eigenvalue weighted by Gasteiger charge is -2.11. The third kappa shape index (κ3) is 6.31. The Morgan fingerprint density at radius 3 is 2.73 bits per heavy atom. The fourth-order valence-corrected chi connectivity index (χ4v) is 4.41. The van der Waals surface area contributed by atoms with Crippen molar-refractivity contribution in [3.63, 3.8) is 0 Å². The fraction of sp³-hybridized carbons (Fsp3) is 0.455. The van der Waals surface area contributed by atoms with Crippen LogP contribution in [0.4, 0.5) is 0 Å². The Morgan fingerprint density at radius 2 is 1.96 bits per heavy atom. The minimum Gasteiger partial charge on any atom is -0.374 e. The van der Waals surface area contributed by atoms with Crippen molar-refractivity contribution in [2.24, 2.45) is 0 Å². The van der Waals surface area contributed by atoms with Gasteiger partial charge in [-0.25, -0.2) is 0 Å². The van der Waals surface area contributed by atoms with Crippen LogP contribution in [0.3, 0.4) is 0 Å². The molecular weight excluding hydrogens is 362 g/mol. The molecule has 26 heavy (non-hydrogen) atoms. The SMILES string of the molecule is CC1CCC(CSCCCNCc2cccc(-c3ccc(Cl)cc3)c2)O1. The average molecular weight is 390 g/mol. The first-order valence-electron chi connectivity index (χ1n) is 9.49. The molecule has 1 heterocycles. The van der Waals surface area contributed by atoms with Gasteiger partial charge >= 0.3 is 0 Å². The van der Waals surface area contributed by atoms with Crippen molar-refractivity contribution in [1.29, 1.82) is 0 Å². The Labute approximate surface area is 166 Å². The number of thioether (sulfide) groups is 1. The third-order valence-electron chi connectivity index (χ3n) is 4.70. The van der Waals surface area contributed by atoms with Gasteiger partial charge in [0.2, 0.25) is 0 Å². The highest BCUT2D eigenvalue weighted by Gasteiger charge is 2.21. The van der Waals surface area contributed by atoms with E-state index in [4.69, 9.17) is 16.3 Å². The molecule has 0 radical (unpaired) electrons. The number of hydrogen-bond donors (Lipinski definition) is 1. The molecule has 0 aromatic heterocycles. The summed E-state index contributed by atoms with van der Waals surface area (Å²) >= 11 is 8.00. The van der Waals surface area contributed by atoms with Gasteiger partial charge in [-0.2, -0.15) is 11.8 Å². The normalized spacial score (nSPS) is 19.8. The Bertz CT molecular complexity index is 676. The monoisotopic (exact) mass is 389 g/mol. The predicted molar refractivity (Wildman–Crippen MR) is 114 cm³/mol. The van der Waals surface area contributed by atoms with Gasteiger partial charge in [0, 0.05) is 17.3 Å². The van der Waals surface area contributed by atoms with E-state index in [1.54, 1.807) is 0 Å².